The lowest BCUT2D eigenvalue weighted by Crippen LogP contribution is -2.14. The van der Waals surface area contributed by atoms with Gasteiger partial charge in [-0.1, -0.05) is 13.8 Å². The van der Waals surface area contributed by atoms with Gasteiger partial charge in [-0.3, -0.25) is 0 Å². The van der Waals surface area contributed by atoms with Crippen LogP contribution < -0.4 is 10.6 Å². The Labute approximate surface area is 106 Å². The maximum Gasteiger partial charge on any atom is 0.228 e. The zero-order valence-corrected chi connectivity index (χ0v) is 11.1. The van der Waals surface area contributed by atoms with Gasteiger partial charge in [0.1, 0.15) is 0 Å². The van der Waals surface area contributed by atoms with Crippen LogP contribution in [0.2, 0.25) is 5.28 Å². The summed E-state index contributed by atoms with van der Waals surface area (Å²) in [5.74, 6) is 1.43. The fraction of sp³-hybridized carbons (Fsp3) is 0.700. The second kappa shape index (κ2) is 7.24. The van der Waals surface area contributed by atoms with E-state index in [-0.39, 0.29) is 5.28 Å². The Morgan fingerprint density at radius 2 is 1.94 bits per heavy atom. The van der Waals surface area contributed by atoms with Crippen LogP contribution in [-0.4, -0.2) is 41.8 Å². The molecule has 17 heavy (non-hydrogen) atoms. The first-order valence-electron chi connectivity index (χ1n) is 5.52. The molecule has 0 aromatic carbocycles. The molecule has 0 saturated heterocycles. The Morgan fingerprint density at radius 1 is 1.24 bits per heavy atom. The fourth-order valence-electron chi connectivity index (χ4n) is 1.09. The minimum absolute atomic E-state index is 0.162. The molecule has 1 rings (SSSR count). The molecule has 0 bridgehead atoms. The average molecular weight is 260 g/mol. The van der Waals surface area contributed by atoms with Gasteiger partial charge in [0, 0.05) is 20.2 Å². The van der Waals surface area contributed by atoms with E-state index in [1.54, 1.807) is 7.05 Å². The molecule has 2 N–H and O–H groups in total. The standard InChI is InChI=1S/C10H18ClN5O/c1-7(2)6-17-5-4-13-10-15-8(11)14-9(12-3)16-10/h7H,4-6H2,1-3H3,(H2,12,13,14,15,16). The highest BCUT2D eigenvalue weighted by atomic mass is 35.5. The molecule has 0 unspecified atom stereocenters. The molecule has 1 aromatic heterocycles. The van der Waals surface area contributed by atoms with Crippen molar-refractivity contribution < 1.29 is 4.74 Å². The van der Waals surface area contributed by atoms with Crippen molar-refractivity contribution in [1.82, 2.24) is 15.0 Å². The van der Waals surface area contributed by atoms with E-state index in [0.29, 0.717) is 31.0 Å². The summed E-state index contributed by atoms with van der Waals surface area (Å²) in [4.78, 5) is 11.9. The Hall–Kier alpha value is -1.14. The highest BCUT2D eigenvalue weighted by Gasteiger charge is 2.02. The Bertz CT molecular complexity index is 347. The third-order valence-corrected chi connectivity index (χ3v) is 1.98. The van der Waals surface area contributed by atoms with Crippen LogP contribution in [0.3, 0.4) is 0 Å². The van der Waals surface area contributed by atoms with Gasteiger partial charge in [-0.2, -0.15) is 15.0 Å². The highest BCUT2D eigenvalue weighted by molar-refractivity contribution is 6.28. The van der Waals surface area contributed by atoms with Crippen LogP contribution in [0.1, 0.15) is 13.8 Å². The third kappa shape index (κ3) is 5.65. The Balaban J connectivity index is 2.33. The molecule has 0 fully saturated rings. The van der Waals surface area contributed by atoms with Crippen molar-refractivity contribution in [2.45, 2.75) is 13.8 Å². The van der Waals surface area contributed by atoms with Crippen LogP contribution in [0, 0.1) is 5.92 Å². The zero-order chi connectivity index (χ0) is 12.7. The minimum Gasteiger partial charge on any atom is -0.379 e. The van der Waals surface area contributed by atoms with Crippen molar-refractivity contribution in [2.75, 3.05) is 37.4 Å². The molecule has 0 radical (unpaired) electrons. The van der Waals surface area contributed by atoms with Crippen molar-refractivity contribution >= 4 is 23.5 Å². The maximum atomic E-state index is 5.74. The Kier molecular flexibility index (Phi) is 5.93. The van der Waals surface area contributed by atoms with Gasteiger partial charge in [0.15, 0.2) is 0 Å². The smallest absolute Gasteiger partial charge is 0.228 e. The molecule has 0 aliphatic carbocycles. The predicted molar refractivity (Wildman–Crippen MR) is 68.5 cm³/mol. The zero-order valence-electron chi connectivity index (χ0n) is 10.3. The number of nitrogens with zero attached hydrogens (tertiary/aromatic N) is 3. The van der Waals surface area contributed by atoms with Gasteiger partial charge in [0.05, 0.1) is 6.61 Å². The minimum atomic E-state index is 0.162. The van der Waals surface area contributed by atoms with Gasteiger partial charge in [0.2, 0.25) is 17.2 Å². The lowest BCUT2D eigenvalue weighted by atomic mass is 10.2. The molecule has 1 heterocycles. The SMILES string of the molecule is CNc1nc(Cl)nc(NCCOCC(C)C)n1. The quantitative estimate of drug-likeness (QED) is 0.726. The number of anilines is 2. The summed E-state index contributed by atoms with van der Waals surface area (Å²) < 4.78 is 5.42. The first kappa shape index (κ1) is 13.9. The number of ether oxygens (including phenoxy) is 1. The van der Waals surface area contributed by atoms with E-state index in [1.165, 1.54) is 0 Å². The molecule has 6 nitrogen and oxygen atoms in total. The summed E-state index contributed by atoms with van der Waals surface area (Å²) in [7, 11) is 1.72. The van der Waals surface area contributed by atoms with Crippen molar-refractivity contribution in [3.63, 3.8) is 0 Å². The number of aromatic nitrogens is 3. The summed E-state index contributed by atoms with van der Waals surface area (Å²) in [6.07, 6.45) is 0. The van der Waals surface area contributed by atoms with Crippen LogP contribution >= 0.6 is 11.6 Å². The first-order chi connectivity index (χ1) is 8.11. The molecule has 0 aliphatic heterocycles. The number of nitrogens with one attached hydrogen (secondary N) is 2. The van der Waals surface area contributed by atoms with Gasteiger partial charge in [0.25, 0.3) is 0 Å². The van der Waals surface area contributed by atoms with Crippen molar-refractivity contribution in [3.05, 3.63) is 5.28 Å². The van der Waals surface area contributed by atoms with Gasteiger partial charge in [-0.05, 0) is 17.5 Å². The third-order valence-electron chi connectivity index (χ3n) is 1.81. The topological polar surface area (TPSA) is 72.0 Å². The molecular weight excluding hydrogens is 242 g/mol. The predicted octanol–water partition coefficient (Wildman–Crippen LogP) is 1.65. The summed E-state index contributed by atoms with van der Waals surface area (Å²) in [5.41, 5.74) is 0. The van der Waals surface area contributed by atoms with Crippen LogP contribution in [-0.2, 0) is 4.74 Å². The fourth-order valence-corrected chi connectivity index (χ4v) is 1.26. The van der Waals surface area contributed by atoms with Crippen LogP contribution in [0.5, 0.6) is 0 Å². The van der Waals surface area contributed by atoms with Crippen LogP contribution in [0.4, 0.5) is 11.9 Å². The molecule has 1 aromatic rings. The van der Waals surface area contributed by atoms with Gasteiger partial charge >= 0.3 is 0 Å². The molecular formula is C10H18ClN5O. The molecule has 0 spiro atoms. The van der Waals surface area contributed by atoms with E-state index >= 15 is 0 Å². The van der Waals surface area contributed by atoms with Gasteiger partial charge < -0.3 is 15.4 Å². The van der Waals surface area contributed by atoms with Crippen molar-refractivity contribution in [2.24, 2.45) is 5.92 Å². The molecule has 96 valence electrons. The first-order valence-corrected chi connectivity index (χ1v) is 5.90. The summed E-state index contributed by atoms with van der Waals surface area (Å²) in [6.45, 7) is 6.21. The number of rotatable bonds is 7. The molecule has 0 atom stereocenters. The van der Waals surface area contributed by atoms with Crippen LogP contribution in [0.15, 0.2) is 0 Å². The largest absolute Gasteiger partial charge is 0.379 e. The average Bonchev–Trinajstić information content (AvgIpc) is 2.27. The monoisotopic (exact) mass is 259 g/mol. The van der Waals surface area contributed by atoms with E-state index in [9.17, 15) is 0 Å². The number of hydrogen-bond donors (Lipinski definition) is 2. The summed E-state index contributed by atoms with van der Waals surface area (Å²) >= 11 is 5.74. The lowest BCUT2D eigenvalue weighted by molar-refractivity contribution is 0.118. The normalized spacial score (nSPS) is 10.6. The molecule has 0 aliphatic rings. The van der Waals surface area contributed by atoms with Gasteiger partial charge in [-0.25, -0.2) is 0 Å². The highest BCUT2D eigenvalue weighted by Crippen LogP contribution is 2.08. The molecule has 7 heteroatoms. The van der Waals surface area contributed by atoms with Crippen LogP contribution in [0.25, 0.3) is 0 Å². The van der Waals surface area contributed by atoms with Gasteiger partial charge in [-0.15, -0.1) is 0 Å². The number of halogens is 1. The Morgan fingerprint density at radius 3 is 2.59 bits per heavy atom. The number of hydrogen-bond acceptors (Lipinski definition) is 6. The van der Waals surface area contributed by atoms with E-state index in [4.69, 9.17) is 16.3 Å². The summed E-state index contributed by atoms with van der Waals surface area (Å²) in [5, 5.41) is 5.99. The van der Waals surface area contributed by atoms with E-state index < -0.39 is 0 Å². The van der Waals surface area contributed by atoms with E-state index in [0.717, 1.165) is 6.61 Å². The van der Waals surface area contributed by atoms with E-state index in [1.807, 2.05) is 0 Å². The van der Waals surface area contributed by atoms with Crippen molar-refractivity contribution in [3.8, 4) is 0 Å². The summed E-state index contributed by atoms with van der Waals surface area (Å²) in [6, 6.07) is 0. The van der Waals surface area contributed by atoms with E-state index in [2.05, 4.69) is 39.4 Å². The lowest BCUT2D eigenvalue weighted by Gasteiger charge is -2.08. The molecule has 0 saturated carbocycles. The van der Waals surface area contributed by atoms with Crippen molar-refractivity contribution in [1.29, 1.82) is 0 Å². The molecule has 0 amide bonds. The maximum absolute atomic E-state index is 5.74. The second-order valence-electron chi connectivity index (χ2n) is 3.90. The second-order valence-corrected chi connectivity index (χ2v) is 4.24.